The topological polar surface area (TPSA) is 55.0 Å². The average molecular weight is 202 g/mol. The maximum atomic E-state index is 5.72. The van der Waals surface area contributed by atoms with Gasteiger partial charge in [0.2, 0.25) is 5.95 Å². The van der Waals surface area contributed by atoms with E-state index in [0.717, 1.165) is 13.1 Å². The Hall–Kier alpha value is -1.76. The SMILES string of the molecule is C#Cc1cnc(N2CCCCC2)nc1N. The van der Waals surface area contributed by atoms with Gasteiger partial charge in [-0.05, 0) is 19.3 Å². The summed E-state index contributed by atoms with van der Waals surface area (Å²) >= 11 is 0. The van der Waals surface area contributed by atoms with E-state index in [1.807, 2.05) is 0 Å². The van der Waals surface area contributed by atoms with E-state index in [1.165, 1.54) is 19.3 Å². The van der Waals surface area contributed by atoms with Crippen LogP contribution in [0.3, 0.4) is 0 Å². The predicted molar refractivity (Wildman–Crippen MR) is 60.4 cm³/mol. The molecule has 15 heavy (non-hydrogen) atoms. The van der Waals surface area contributed by atoms with E-state index < -0.39 is 0 Å². The zero-order chi connectivity index (χ0) is 10.7. The summed E-state index contributed by atoms with van der Waals surface area (Å²) in [5.41, 5.74) is 6.28. The molecule has 78 valence electrons. The Balaban J connectivity index is 2.22. The Morgan fingerprint density at radius 1 is 1.33 bits per heavy atom. The van der Waals surface area contributed by atoms with Crippen molar-refractivity contribution in [1.29, 1.82) is 0 Å². The standard InChI is InChI=1S/C11H14N4/c1-2-9-8-13-11(14-10(9)12)15-6-4-3-5-7-15/h1,8H,3-7H2,(H2,12,13,14). The van der Waals surface area contributed by atoms with Crippen LogP contribution in [0.25, 0.3) is 0 Å². The molecular formula is C11H14N4. The maximum Gasteiger partial charge on any atom is 0.227 e. The van der Waals surface area contributed by atoms with Crippen LogP contribution in [0.5, 0.6) is 0 Å². The van der Waals surface area contributed by atoms with E-state index in [0.29, 0.717) is 17.3 Å². The van der Waals surface area contributed by atoms with E-state index in [1.54, 1.807) is 6.20 Å². The molecule has 0 bridgehead atoms. The lowest BCUT2D eigenvalue weighted by molar-refractivity contribution is 0.568. The number of rotatable bonds is 1. The van der Waals surface area contributed by atoms with Crippen LogP contribution in [-0.4, -0.2) is 23.1 Å². The Morgan fingerprint density at radius 2 is 2.07 bits per heavy atom. The number of hydrogen-bond donors (Lipinski definition) is 1. The van der Waals surface area contributed by atoms with Crippen LogP contribution < -0.4 is 10.6 Å². The molecule has 0 spiro atoms. The van der Waals surface area contributed by atoms with Crippen LogP contribution in [-0.2, 0) is 0 Å². The number of nitrogens with zero attached hydrogens (tertiary/aromatic N) is 3. The van der Waals surface area contributed by atoms with Crippen molar-refractivity contribution in [1.82, 2.24) is 9.97 Å². The second kappa shape index (κ2) is 4.18. The predicted octanol–water partition coefficient (Wildman–Crippen LogP) is 1.03. The number of nitrogen functional groups attached to an aromatic ring is 1. The van der Waals surface area contributed by atoms with E-state index in [-0.39, 0.29) is 0 Å². The summed E-state index contributed by atoms with van der Waals surface area (Å²) < 4.78 is 0. The monoisotopic (exact) mass is 202 g/mol. The smallest absolute Gasteiger partial charge is 0.227 e. The molecule has 0 atom stereocenters. The van der Waals surface area contributed by atoms with Gasteiger partial charge < -0.3 is 10.6 Å². The van der Waals surface area contributed by atoms with Gasteiger partial charge in [-0.1, -0.05) is 5.92 Å². The highest BCUT2D eigenvalue weighted by molar-refractivity contribution is 5.51. The normalized spacial score (nSPS) is 16.1. The summed E-state index contributed by atoms with van der Waals surface area (Å²) in [4.78, 5) is 10.6. The fourth-order valence-electron chi connectivity index (χ4n) is 1.74. The van der Waals surface area contributed by atoms with Crippen molar-refractivity contribution in [3.8, 4) is 12.3 Å². The summed E-state index contributed by atoms with van der Waals surface area (Å²) in [6.45, 7) is 2.02. The summed E-state index contributed by atoms with van der Waals surface area (Å²) in [5.74, 6) is 3.55. The van der Waals surface area contributed by atoms with Crippen molar-refractivity contribution in [3.05, 3.63) is 11.8 Å². The number of hydrogen-bond acceptors (Lipinski definition) is 4. The second-order valence-electron chi connectivity index (χ2n) is 3.66. The highest BCUT2D eigenvalue weighted by Crippen LogP contribution is 2.17. The summed E-state index contributed by atoms with van der Waals surface area (Å²) in [6.07, 6.45) is 10.5. The largest absolute Gasteiger partial charge is 0.382 e. The molecule has 1 aromatic heterocycles. The molecule has 0 unspecified atom stereocenters. The van der Waals surface area contributed by atoms with E-state index in [9.17, 15) is 0 Å². The van der Waals surface area contributed by atoms with E-state index in [4.69, 9.17) is 12.2 Å². The molecule has 1 saturated heterocycles. The quantitative estimate of drug-likeness (QED) is 0.691. The van der Waals surface area contributed by atoms with Crippen LogP contribution in [0.15, 0.2) is 6.20 Å². The third kappa shape index (κ3) is 2.01. The van der Waals surface area contributed by atoms with Crippen LogP contribution in [0.1, 0.15) is 24.8 Å². The van der Waals surface area contributed by atoms with Crippen molar-refractivity contribution in [2.24, 2.45) is 0 Å². The molecule has 2 rings (SSSR count). The Kier molecular flexibility index (Phi) is 2.72. The van der Waals surface area contributed by atoms with Crippen LogP contribution >= 0.6 is 0 Å². The fourth-order valence-corrected chi connectivity index (χ4v) is 1.74. The van der Waals surface area contributed by atoms with E-state index in [2.05, 4.69) is 20.8 Å². The van der Waals surface area contributed by atoms with Gasteiger partial charge in [0.25, 0.3) is 0 Å². The van der Waals surface area contributed by atoms with Gasteiger partial charge in [0.15, 0.2) is 0 Å². The molecule has 2 N–H and O–H groups in total. The van der Waals surface area contributed by atoms with Gasteiger partial charge >= 0.3 is 0 Å². The van der Waals surface area contributed by atoms with Crippen LogP contribution in [0.4, 0.5) is 11.8 Å². The Labute approximate surface area is 89.5 Å². The van der Waals surface area contributed by atoms with Gasteiger partial charge in [-0.2, -0.15) is 4.98 Å². The first-order valence-corrected chi connectivity index (χ1v) is 5.15. The van der Waals surface area contributed by atoms with Gasteiger partial charge in [0.1, 0.15) is 5.82 Å². The molecule has 1 aliphatic heterocycles. The molecule has 4 heteroatoms. The third-order valence-electron chi connectivity index (χ3n) is 2.60. The average Bonchev–Trinajstić information content (AvgIpc) is 2.30. The van der Waals surface area contributed by atoms with Crippen molar-refractivity contribution < 1.29 is 0 Å². The summed E-state index contributed by atoms with van der Waals surface area (Å²) in [5, 5.41) is 0. The molecule has 1 aromatic rings. The number of aromatic nitrogens is 2. The minimum Gasteiger partial charge on any atom is -0.382 e. The number of terminal acetylenes is 1. The maximum absolute atomic E-state index is 5.72. The first kappa shape index (κ1) is 9.78. The highest BCUT2D eigenvalue weighted by atomic mass is 15.3. The zero-order valence-electron chi connectivity index (χ0n) is 8.61. The minimum atomic E-state index is 0.396. The van der Waals surface area contributed by atoms with Gasteiger partial charge in [-0.3, -0.25) is 0 Å². The van der Waals surface area contributed by atoms with E-state index >= 15 is 0 Å². The molecule has 1 fully saturated rings. The van der Waals surface area contributed by atoms with Crippen molar-refractivity contribution in [2.45, 2.75) is 19.3 Å². The first-order valence-electron chi connectivity index (χ1n) is 5.15. The number of anilines is 2. The minimum absolute atomic E-state index is 0.396. The molecule has 2 heterocycles. The molecular weight excluding hydrogens is 188 g/mol. The molecule has 0 saturated carbocycles. The summed E-state index contributed by atoms with van der Waals surface area (Å²) in [7, 11) is 0. The van der Waals surface area contributed by atoms with Gasteiger partial charge in [-0.25, -0.2) is 4.98 Å². The molecule has 0 amide bonds. The fraction of sp³-hybridized carbons (Fsp3) is 0.455. The van der Waals surface area contributed by atoms with Crippen molar-refractivity contribution >= 4 is 11.8 Å². The van der Waals surface area contributed by atoms with Crippen molar-refractivity contribution in [3.63, 3.8) is 0 Å². The highest BCUT2D eigenvalue weighted by Gasteiger charge is 2.14. The molecule has 1 aliphatic rings. The van der Waals surface area contributed by atoms with Crippen molar-refractivity contribution in [2.75, 3.05) is 23.7 Å². The first-order chi connectivity index (χ1) is 7.31. The number of piperidine rings is 1. The van der Waals surface area contributed by atoms with Gasteiger partial charge in [-0.15, -0.1) is 6.42 Å². The van der Waals surface area contributed by atoms with Gasteiger partial charge in [0.05, 0.1) is 11.8 Å². The lowest BCUT2D eigenvalue weighted by Gasteiger charge is -2.26. The summed E-state index contributed by atoms with van der Waals surface area (Å²) in [6, 6.07) is 0. The lowest BCUT2D eigenvalue weighted by atomic mass is 10.1. The molecule has 0 aliphatic carbocycles. The van der Waals surface area contributed by atoms with Crippen LogP contribution in [0, 0.1) is 12.3 Å². The number of nitrogens with two attached hydrogens (primary N) is 1. The Bertz CT molecular complexity index is 388. The zero-order valence-corrected chi connectivity index (χ0v) is 8.61. The molecule has 0 radical (unpaired) electrons. The second-order valence-corrected chi connectivity index (χ2v) is 3.66. The van der Waals surface area contributed by atoms with Crippen LogP contribution in [0.2, 0.25) is 0 Å². The third-order valence-corrected chi connectivity index (χ3v) is 2.60. The lowest BCUT2D eigenvalue weighted by Crippen LogP contribution is -2.31. The molecule has 4 nitrogen and oxygen atoms in total. The molecule has 0 aromatic carbocycles. The van der Waals surface area contributed by atoms with Gasteiger partial charge in [0, 0.05) is 13.1 Å². The Morgan fingerprint density at radius 3 is 2.67 bits per heavy atom.